The third-order valence-electron chi connectivity index (χ3n) is 5.62. The van der Waals surface area contributed by atoms with Crippen LogP contribution in [0.1, 0.15) is 41.5 Å². The van der Waals surface area contributed by atoms with E-state index in [0.717, 1.165) is 46.9 Å². The van der Waals surface area contributed by atoms with Gasteiger partial charge in [0.2, 0.25) is 5.91 Å². The van der Waals surface area contributed by atoms with Crippen LogP contribution in [0.25, 0.3) is 10.9 Å². The van der Waals surface area contributed by atoms with Gasteiger partial charge in [-0.05, 0) is 49.9 Å². The smallest absolute Gasteiger partial charge is 0.226 e. The van der Waals surface area contributed by atoms with Crippen LogP contribution in [0.15, 0.2) is 48.5 Å². The summed E-state index contributed by atoms with van der Waals surface area (Å²) in [7, 11) is 0. The Morgan fingerprint density at radius 3 is 2.54 bits per heavy atom. The monoisotopic (exact) mass is 392 g/mol. The third kappa shape index (κ3) is 3.90. The van der Waals surface area contributed by atoms with Gasteiger partial charge in [0.15, 0.2) is 0 Å². The molecule has 2 aromatic carbocycles. The first-order valence-corrected chi connectivity index (χ1v) is 10.3. The van der Waals surface area contributed by atoms with Crippen molar-refractivity contribution in [3.8, 4) is 0 Å². The molecular weight excluding hydrogens is 368 g/mol. The second-order valence-corrected chi connectivity index (χ2v) is 8.26. The summed E-state index contributed by atoms with van der Waals surface area (Å²) in [6, 6.07) is 16.5. The van der Waals surface area contributed by atoms with Crippen LogP contribution in [0, 0.1) is 19.8 Å². The molecule has 1 aliphatic rings. The number of hydrogen-bond acceptors (Lipinski definition) is 2. The zero-order valence-corrected chi connectivity index (χ0v) is 17.2. The Morgan fingerprint density at radius 1 is 1.11 bits per heavy atom. The Morgan fingerprint density at radius 2 is 1.86 bits per heavy atom. The number of benzene rings is 2. The molecule has 1 amide bonds. The summed E-state index contributed by atoms with van der Waals surface area (Å²) >= 11 is 6.55. The van der Waals surface area contributed by atoms with E-state index >= 15 is 0 Å². The summed E-state index contributed by atoms with van der Waals surface area (Å²) < 4.78 is 0. The van der Waals surface area contributed by atoms with Crippen molar-refractivity contribution in [3.05, 3.63) is 75.9 Å². The van der Waals surface area contributed by atoms with Crippen LogP contribution in [0.5, 0.6) is 0 Å². The first kappa shape index (κ1) is 18.9. The highest BCUT2D eigenvalue weighted by molar-refractivity contribution is 6.30. The summed E-state index contributed by atoms with van der Waals surface area (Å²) in [6.45, 7) is 5.22. The molecule has 1 aromatic heterocycles. The molecule has 1 aliphatic carbocycles. The van der Waals surface area contributed by atoms with E-state index in [9.17, 15) is 4.79 Å². The number of fused-ring (bicyclic) bond motifs is 1. The fourth-order valence-electron chi connectivity index (χ4n) is 3.92. The lowest BCUT2D eigenvalue weighted by molar-refractivity contribution is -0.139. The van der Waals surface area contributed by atoms with Crippen molar-refractivity contribution in [1.82, 2.24) is 9.88 Å². The van der Waals surface area contributed by atoms with Gasteiger partial charge in [-0.3, -0.25) is 4.79 Å². The molecule has 0 N–H and O–H groups in total. The molecule has 1 heterocycles. The van der Waals surface area contributed by atoms with E-state index in [1.54, 1.807) is 0 Å². The number of aromatic nitrogens is 1. The van der Waals surface area contributed by atoms with Crippen molar-refractivity contribution in [2.45, 2.75) is 46.2 Å². The number of amides is 1. The Labute approximate surface area is 171 Å². The highest BCUT2D eigenvalue weighted by Crippen LogP contribution is 2.31. The Bertz CT molecular complexity index is 1010. The normalized spacial score (nSPS) is 14.1. The van der Waals surface area contributed by atoms with Gasteiger partial charge in [-0.15, -0.1) is 0 Å². The molecule has 0 bridgehead atoms. The maximum absolute atomic E-state index is 13.1. The van der Waals surface area contributed by atoms with Gasteiger partial charge in [-0.25, -0.2) is 4.98 Å². The fraction of sp³-hybridized carbons (Fsp3) is 0.333. The first-order valence-electron chi connectivity index (χ1n) is 9.90. The second-order valence-electron chi connectivity index (χ2n) is 7.90. The molecule has 1 saturated carbocycles. The number of nitrogens with zero attached hydrogens (tertiary/aromatic N) is 2. The number of rotatable bonds is 5. The van der Waals surface area contributed by atoms with E-state index < -0.39 is 0 Å². The molecule has 3 nitrogen and oxygen atoms in total. The highest BCUT2D eigenvalue weighted by atomic mass is 35.5. The molecule has 0 spiro atoms. The lowest BCUT2D eigenvalue weighted by atomic mass is 9.84. The average Bonchev–Trinajstić information content (AvgIpc) is 2.62. The topological polar surface area (TPSA) is 33.2 Å². The van der Waals surface area contributed by atoms with E-state index in [-0.39, 0.29) is 11.8 Å². The Hall–Kier alpha value is -2.39. The third-order valence-corrected chi connectivity index (χ3v) is 5.95. The van der Waals surface area contributed by atoms with Crippen molar-refractivity contribution in [2.24, 2.45) is 5.92 Å². The summed E-state index contributed by atoms with van der Waals surface area (Å²) in [5.74, 6) is 0.382. The van der Waals surface area contributed by atoms with Crippen LogP contribution in [0.4, 0.5) is 0 Å². The first-order chi connectivity index (χ1) is 13.5. The molecule has 4 rings (SSSR count). The number of halogens is 1. The van der Waals surface area contributed by atoms with Crippen LogP contribution < -0.4 is 0 Å². The van der Waals surface area contributed by atoms with Crippen molar-refractivity contribution < 1.29 is 4.79 Å². The van der Waals surface area contributed by atoms with Gasteiger partial charge in [-0.2, -0.15) is 0 Å². The van der Waals surface area contributed by atoms with Crippen molar-refractivity contribution in [3.63, 3.8) is 0 Å². The zero-order chi connectivity index (χ0) is 19.7. The molecular formula is C24H25ClN2O. The highest BCUT2D eigenvalue weighted by Gasteiger charge is 2.30. The minimum absolute atomic E-state index is 0.153. The van der Waals surface area contributed by atoms with Gasteiger partial charge in [0.05, 0.1) is 5.52 Å². The number of pyridine rings is 1. The van der Waals surface area contributed by atoms with Crippen molar-refractivity contribution in [1.29, 1.82) is 0 Å². The summed E-state index contributed by atoms with van der Waals surface area (Å²) in [6.07, 6.45) is 3.13. The molecule has 0 saturated heterocycles. The summed E-state index contributed by atoms with van der Waals surface area (Å²) in [4.78, 5) is 19.7. The van der Waals surface area contributed by atoms with E-state index in [4.69, 9.17) is 11.6 Å². The molecule has 0 atom stereocenters. The molecule has 144 valence electrons. The van der Waals surface area contributed by atoms with E-state index in [1.807, 2.05) is 23.1 Å². The summed E-state index contributed by atoms with van der Waals surface area (Å²) in [5.41, 5.74) is 5.29. The lowest BCUT2D eigenvalue weighted by Crippen LogP contribution is -2.38. The van der Waals surface area contributed by atoms with Gasteiger partial charge in [0.1, 0.15) is 5.15 Å². The molecule has 0 unspecified atom stereocenters. The van der Waals surface area contributed by atoms with Crippen LogP contribution in [-0.4, -0.2) is 15.8 Å². The van der Waals surface area contributed by atoms with Crippen molar-refractivity contribution >= 4 is 28.4 Å². The maximum atomic E-state index is 13.1. The largest absolute Gasteiger partial charge is 0.334 e. The predicted octanol–water partition coefficient (Wildman–Crippen LogP) is 5.83. The number of hydrogen-bond donors (Lipinski definition) is 0. The van der Waals surface area contributed by atoms with Gasteiger partial charge in [0.25, 0.3) is 0 Å². The van der Waals surface area contributed by atoms with Crippen LogP contribution >= 0.6 is 11.6 Å². The van der Waals surface area contributed by atoms with Crippen LogP contribution in [0.3, 0.4) is 0 Å². The van der Waals surface area contributed by atoms with E-state index in [2.05, 4.69) is 49.2 Å². The van der Waals surface area contributed by atoms with Gasteiger partial charge < -0.3 is 4.90 Å². The molecule has 4 heteroatoms. The van der Waals surface area contributed by atoms with E-state index in [0.29, 0.717) is 18.2 Å². The SMILES string of the molecule is Cc1cc(C)c2nc(Cl)c(CN(Cc3ccccc3)C(=O)C3CCC3)cc2c1. The van der Waals surface area contributed by atoms with Gasteiger partial charge in [0, 0.05) is 30.0 Å². The number of carbonyl (C=O) groups excluding carboxylic acids is 1. The van der Waals surface area contributed by atoms with Crippen LogP contribution in [0.2, 0.25) is 5.15 Å². The lowest BCUT2D eigenvalue weighted by Gasteiger charge is -2.32. The average molecular weight is 393 g/mol. The maximum Gasteiger partial charge on any atom is 0.226 e. The molecule has 0 radical (unpaired) electrons. The Balaban J connectivity index is 1.67. The number of carbonyl (C=O) groups is 1. The zero-order valence-electron chi connectivity index (χ0n) is 16.4. The Kier molecular flexibility index (Phi) is 5.36. The fourth-order valence-corrected chi connectivity index (χ4v) is 4.12. The molecule has 3 aromatic rings. The predicted molar refractivity (Wildman–Crippen MR) is 114 cm³/mol. The van der Waals surface area contributed by atoms with E-state index in [1.165, 1.54) is 5.56 Å². The summed E-state index contributed by atoms with van der Waals surface area (Å²) in [5, 5.41) is 1.56. The minimum atomic E-state index is 0.153. The molecule has 1 fully saturated rings. The molecule has 28 heavy (non-hydrogen) atoms. The second kappa shape index (κ2) is 7.92. The number of aryl methyl sites for hydroxylation is 2. The van der Waals surface area contributed by atoms with Crippen LogP contribution in [-0.2, 0) is 17.9 Å². The van der Waals surface area contributed by atoms with Crippen molar-refractivity contribution in [2.75, 3.05) is 0 Å². The minimum Gasteiger partial charge on any atom is -0.334 e. The quantitative estimate of drug-likeness (QED) is 0.511. The van der Waals surface area contributed by atoms with Gasteiger partial charge >= 0.3 is 0 Å². The standard InChI is InChI=1S/C24H25ClN2O/c1-16-11-17(2)22-20(12-16)13-21(23(25)26-22)15-27(24(28)19-9-6-10-19)14-18-7-4-3-5-8-18/h3-5,7-8,11-13,19H,6,9-10,14-15H2,1-2H3. The molecule has 0 aliphatic heterocycles. The van der Waals surface area contributed by atoms with Gasteiger partial charge in [-0.1, -0.05) is 60.0 Å².